The first kappa shape index (κ1) is 14.6. The maximum atomic E-state index is 12.0. The zero-order valence-corrected chi connectivity index (χ0v) is 10.9. The fourth-order valence-corrected chi connectivity index (χ4v) is 1.52. The maximum absolute atomic E-state index is 12.0. The van der Waals surface area contributed by atoms with Crippen LogP contribution in [-0.4, -0.2) is 43.5 Å². The van der Waals surface area contributed by atoms with Gasteiger partial charge in [0.15, 0.2) is 5.78 Å². The lowest BCUT2D eigenvalue weighted by Gasteiger charge is -2.31. The van der Waals surface area contributed by atoms with E-state index in [9.17, 15) is 4.79 Å². The van der Waals surface area contributed by atoms with Crippen LogP contribution < -0.4 is 0 Å². The largest absolute Gasteiger partial charge is 0.385 e. The summed E-state index contributed by atoms with van der Waals surface area (Å²) in [5, 5.41) is 0. The van der Waals surface area contributed by atoms with E-state index in [0.717, 1.165) is 6.42 Å². The molecule has 0 aliphatic carbocycles. The summed E-state index contributed by atoms with van der Waals surface area (Å²) in [5.74, 6) is 0.399. The second kappa shape index (κ2) is 6.96. The second-order valence-corrected chi connectivity index (χ2v) is 4.61. The van der Waals surface area contributed by atoms with Crippen molar-refractivity contribution in [2.45, 2.75) is 46.2 Å². The highest BCUT2D eigenvalue weighted by Gasteiger charge is 2.26. The molecular formula is C12H25NO2. The topological polar surface area (TPSA) is 29.5 Å². The molecule has 0 aliphatic heterocycles. The third kappa shape index (κ3) is 4.76. The quantitative estimate of drug-likeness (QED) is 0.650. The first-order valence-electron chi connectivity index (χ1n) is 5.66. The van der Waals surface area contributed by atoms with Crippen LogP contribution in [0.5, 0.6) is 0 Å². The van der Waals surface area contributed by atoms with E-state index in [2.05, 4.69) is 18.7 Å². The number of carbonyl (C=O) groups excluding carboxylic acids is 1. The maximum Gasteiger partial charge on any atom is 0.152 e. The predicted octanol–water partition coefficient (Wildman–Crippen LogP) is 1.96. The zero-order chi connectivity index (χ0) is 12.0. The van der Waals surface area contributed by atoms with E-state index in [1.54, 1.807) is 7.11 Å². The van der Waals surface area contributed by atoms with Crippen LogP contribution in [0.3, 0.4) is 0 Å². The molecule has 0 fully saturated rings. The Morgan fingerprint density at radius 1 is 1.27 bits per heavy atom. The van der Waals surface area contributed by atoms with Crippen LogP contribution in [0.4, 0.5) is 0 Å². The van der Waals surface area contributed by atoms with E-state index in [1.807, 2.05) is 20.9 Å². The molecule has 0 saturated carbocycles. The number of Topliss-reactive ketones (excluding diaryl/α,β-unsaturated/α-hetero) is 1. The van der Waals surface area contributed by atoms with Gasteiger partial charge in [-0.1, -0.05) is 13.8 Å². The van der Waals surface area contributed by atoms with Gasteiger partial charge in [0.05, 0.1) is 6.04 Å². The van der Waals surface area contributed by atoms with Gasteiger partial charge in [0.1, 0.15) is 0 Å². The molecular weight excluding hydrogens is 190 g/mol. The molecule has 0 radical (unpaired) electrons. The lowest BCUT2D eigenvalue weighted by molar-refractivity contribution is -0.128. The van der Waals surface area contributed by atoms with Crippen molar-refractivity contribution in [1.29, 1.82) is 0 Å². The molecule has 0 spiro atoms. The van der Waals surface area contributed by atoms with Crippen LogP contribution in [0.1, 0.15) is 34.1 Å². The van der Waals surface area contributed by atoms with Gasteiger partial charge in [-0.25, -0.2) is 0 Å². The van der Waals surface area contributed by atoms with Gasteiger partial charge in [0.2, 0.25) is 0 Å². The number of rotatable bonds is 7. The predicted molar refractivity (Wildman–Crippen MR) is 63.0 cm³/mol. The monoisotopic (exact) mass is 215 g/mol. The standard InChI is InChI=1S/C12H25NO2/c1-9(2)12(14)11(7-8-15-6)13(5)10(3)4/h9-11H,7-8H2,1-6H3/t11-/m0/s1. The van der Waals surface area contributed by atoms with Crippen LogP contribution in [-0.2, 0) is 9.53 Å². The van der Waals surface area contributed by atoms with Crippen LogP contribution in [0.15, 0.2) is 0 Å². The van der Waals surface area contributed by atoms with E-state index < -0.39 is 0 Å². The van der Waals surface area contributed by atoms with Crippen molar-refractivity contribution < 1.29 is 9.53 Å². The first-order valence-corrected chi connectivity index (χ1v) is 5.66. The van der Waals surface area contributed by atoms with Crippen molar-refractivity contribution in [3.05, 3.63) is 0 Å². The Kier molecular flexibility index (Phi) is 6.77. The molecule has 0 saturated heterocycles. The highest BCUT2D eigenvalue weighted by Crippen LogP contribution is 2.12. The van der Waals surface area contributed by atoms with E-state index >= 15 is 0 Å². The number of hydrogen-bond acceptors (Lipinski definition) is 3. The highest BCUT2D eigenvalue weighted by atomic mass is 16.5. The molecule has 0 aromatic rings. The molecule has 0 bridgehead atoms. The number of methoxy groups -OCH3 is 1. The van der Waals surface area contributed by atoms with Crippen molar-refractivity contribution in [1.82, 2.24) is 4.90 Å². The lowest BCUT2D eigenvalue weighted by Crippen LogP contribution is -2.44. The third-order valence-corrected chi connectivity index (χ3v) is 2.80. The lowest BCUT2D eigenvalue weighted by atomic mass is 9.97. The van der Waals surface area contributed by atoms with Gasteiger partial charge in [-0.05, 0) is 27.3 Å². The minimum absolute atomic E-state index is 0.00931. The molecule has 0 aliphatic rings. The Morgan fingerprint density at radius 3 is 2.13 bits per heavy atom. The summed E-state index contributed by atoms with van der Waals surface area (Å²) in [5.41, 5.74) is 0. The van der Waals surface area contributed by atoms with E-state index in [1.165, 1.54) is 0 Å². The minimum atomic E-state index is -0.00931. The van der Waals surface area contributed by atoms with Crippen LogP contribution >= 0.6 is 0 Å². The summed E-state index contributed by atoms with van der Waals surface area (Å²) >= 11 is 0. The summed E-state index contributed by atoms with van der Waals surface area (Å²) in [4.78, 5) is 14.1. The summed E-state index contributed by atoms with van der Waals surface area (Å²) in [6.45, 7) is 8.76. The SMILES string of the molecule is COCC[C@@H](C(=O)C(C)C)N(C)C(C)C. The molecule has 3 nitrogen and oxygen atoms in total. The number of carbonyl (C=O) groups is 1. The summed E-state index contributed by atoms with van der Waals surface area (Å²) in [6.07, 6.45) is 0.780. The molecule has 15 heavy (non-hydrogen) atoms. The Hall–Kier alpha value is -0.410. The Morgan fingerprint density at radius 2 is 1.80 bits per heavy atom. The molecule has 0 unspecified atom stereocenters. The van der Waals surface area contributed by atoms with Crippen LogP contribution in [0.25, 0.3) is 0 Å². The summed E-state index contributed by atoms with van der Waals surface area (Å²) in [6, 6.07) is 0.375. The van der Waals surface area contributed by atoms with Gasteiger partial charge in [0, 0.05) is 25.7 Å². The number of ether oxygens (including phenoxy) is 1. The Labute approximate surface area is 93.8 Å². The molecule has 3 heteroatoms. The highest BCUT2D eigenvalue weighted by molar-refractivity contribution is 5.85. The number of nitrogens with zero attached hydrogens (tertiary/aromatic N) is 1. The second-order valence-electron chi connectivity index (χ2n) is 4.61. The molecule has 0 rings (SSSR count). The van der Waals surface area contributed by atoms with E-state index in [0.29, 0.717) is 18.4 Å². The van der Waals surface area contributed by atoms with Crippen molar-refractivity contribution >= 4 is 5.78 Å². The molecule has 0 aromatic carbocycles. The number of hydrogen-bond donors (Lipinski definition) is 0. The normalized spacial score (nSPS) is 13.9. The Balaban J connectivity index is 4.49. The van der Waals surface area contributed by atoms with Crippen molar-refractivity contribution in [3.63, 3.8) is 0 Å². The van der Waals surface area contributed by atoms with Crippen molar-refractivity contribution in [3.8, 4) is 0 Å². The fourth-order valence-electron chi connectivity index (χ4n) is 1.52. The minimum Gasteiger partial charge on any atom is -0.385 e. The van der Waals surface area contributed by atoms with Gasteiger partial charge < -0.3 is 4.74 Å². The van der Waals surface area contributed by atoms with Crippen LogP contribution in [0, 0.1) is 5.92 Å². The smallest absolute Gasteiger partial charge is 0.152 e. The Bertz CT molecular complexity index is 190. The molecule has 1 atom stereocenters. The van der Waals surface area contributed by atoms with Crippen molar-refractivity contribution in [2.75, 3.05) is 20.8 Å². The van der Waals surface area contributed by atoms with Gasteiger partial charge in [-0.3, -0.25) is 9.69 Å². The van der Waals surface area contributed by atoms with Gasteiger partial charge in [-0.15, -0.1) is 0 Å². The zero-order valence-electron chi connectivity index (χ0n) is 10.9. The van der Waals surface area contributed by atoms with E-state index in [4.69, 9.17) is 4.74 Å². The number of likely N-dealkylation sites (N-methyl/N-ethyl adjacent to an activating group) is 1. The molecule has 0 heterocycles. The van der Waals surface area contributed by atoms with E-state index in [-0.39, 0.29) is 12.0 Å². The molecule has 0 aromatic heterocycles. The van der Waals surface area contributed by atoms with Gasteiger partial charge in [0.25, 0.3) is 0 Å². The molecule has 0 amide bonds. The van der Waals surface area contributed by atoms with Crippen molar-refractivity contribution in [2.24, 2.45) is 5.92 Å². The average molecular weight is 215 g/mol. The average Bonchev–Trinajstić information content (AvgIpc) is 2.17. The van der Waals surface area contributed by atoms with Gasteiger partial charge >= 0.3 is 0 Å². The summed E-state index contributed by atoms with van der Waals surface area (Å²) in [7, 11) is 3.68. The summed E-state index contributed by atoms with van der Waals surface area (Å²) < 4.78 is 5.05. The van der Waals surface area contributed by atoms with Gasteiger partial charge in [-0.2, -0.15) is 0 Å². The first-order chi connectivity index (χ1) is 6.91. The number of ketones is 1. The fraction of sp³-hybridized carbons (Fsp3) is 0.917. The third-order valence-electron chi connectivity index (χ3n) is 2.80. The molecule has 0 N–H and O–H groups in total. The van der Waals surface area contributed by atoms with Crippen LogP contribution in [0.2, 0.25) is 0 Å². The molecule has 90 valence electrons.